The van der Waals surface area contributed by atoms with E-state index in [9.17, 15) is 0 Å². The first-order valence-electron chi connectivity index (χ1n) is 10.3. The molecule has 2 bridgehead atoms. The van der Waals surface area contributed by atoms with Crippen LogP contribution in [0, 0.1) is 11.8 Å². The van der Waals surface area contributed by atoms with Crippen molar-refractivity contribution in [3.8, 4) is 11.5 Å². The van der Waals surface area contributed by atoms with Gasteiger partial charge in [0.25, 0.3) is 0 Å². The Morgan fingerprint density at radius 2 is 1.81 bits per heavy atom. The number of nitrogens with one attached hydrogen (secondary N) is 1. The zero-order valence-corrected chi connectivity index (χ0v) is 17.0. The highest BCUT2D eigenvalue weighted by molar-refractivity contribution is 7.80. The third-order valence-corrected chi connectivity index (χ3v) is 6.82. The summed E-state index contributed by atoms with van der Waals surface area (Å²) in [6.45, 7) is 5.77. The van der Waals surface area contributed by atoms with Crippen molar-refractivity contribution in [3.63, 3.8) is 0 Å². The number of benzene rings is 1. The van der Waals surface area contributed by atoms with Crippen LogP contribution < -0.4 is 14.8 Å². The lowest BCUT2D eigenvalue weighted by atomic mass is 9.95. The molecular formula is C21H31N3O2S. The first kappa shape index (κ1) is 18.8. The molecule has 5 nitrogen and oxygen atoms in total. The number of piperazine rings is 1. The van der Waals surface area contributed by atoms with E-state index in [0.717, 1.165) is 61.2 Å². The first-order valence-corrected chi connectivity index (χ1v) is 10.7. The molecule has 0 amide bonds. The van der Waals surface area contributed by atoms with Crippen molar-refractivity contribution in [2.24, 2.45) is 11.8 Å². The third kappa shape index (κ3) is 4.66. The van der Waals surface area contributed by atoms with E-state index in [1.54, 1.807) is 7.11 Å². The van der Waals surface area contributed by atoms with Gasteiger partial charge in [0, 0.05) is 38.8 Å². The minimum Gasteiger partial charge on any atom is -0.497 e. The predicted molar refractivity (Wildman–Crippen MR) is 111 cm³/mol. The zero-order chi connectivity index (χ0) is 18.6. The van der Waals surface area contributed by atoms with Crippen LogP contribution in [0.15, 0.2) is 24.3 Å². The summed E-state index contributed by atoms with van der Waals surface area (Å²) in [6.07, 6.45) is 5.58. The number of rotatable bonds is 6. The van der Waals surface area contributed by atoms with E-state index in [-0.39, 0.29) is 0 Å². The van der Waals surface area contributed by atoms with E-state index in [1.165, 1.54) is 25.7 Å². The summed E-state index contributed by atoms with van der Waals surface area (Å²) in [7, 11) is 1.68. The van der Waals surface area contributed by atoms with Crippen LogP contribution in [0.4, 0.5) is 0 Å². The van der Waals surface area contributed by atoms with Crippen LogP contribution in [-0.4, -0.2) is 67.4 Å². The molecule has 0 aromatic heterocycles. The van der Waals surface area contributed by atoms with Crippen LogP contribution in [0.3, 0.4) is 0 Å². The molecule has 0 unspecified atom stereocenters. The fraction of sp³-hybridized carbons (Fsp3) is 0.667. The topological polar surface area (TPSA) is 37.0 Å². The van der Waals surface area contributed by atoms with Gasteiger partial charge >= 0.3 is 0 Å². The summed E-state index contributed by atoms with van der Waals surface area (Å²) >= 11 is 5.70. The van der Waals surface area contributed by atoms with Crippen molar-refractivity contribution in [1.82, 2.24) is 15.1 Å². The second-order valence-corrected chi connectivity index (χ2v) is 8.47. The Balaban J connectivity index is 1.14. The molecule has 1 saturated heterocycles. The molecule has 27 heavy (non-hydrogen) atoms. The molecule has 1 N–H and O–H groups in total. The molecule has 0 spiro atoms. The van der Waals surface area contributed by atoms with Gasteiger partial charge in [0.2, 0.25) is 0 Å². The van der Waals surface area contributed by atoms with Crippen LogP contribution in [0.1, 0.15) is 25.7 Å². The largest absolute Gasteiger partial charge is 0.497 e. The number of ether oxygens (including phenoxy) is 2. The Bertz CT molecular complexity index is 631. The number of fused-ring (bicyclic) bond motifs is 2. The molecule has 2 aliphatic carbocycles. The molecule has 0 radical (unpaired) electrons. The van der Waals surface area contributed by atoms with E-state index in [1.807, 2.05) is 24.3 Å². The number of hydrogen-bond acceptors (Lipinski definition) is 4. The van der Waals surface area contributed by atoms with Gasteiger partial charge in [-0.2, -0.15) is 0 Å². The molecule has 1 aliphatic heterocycles. The molecule has 3 fully saturated rings. The molecule has 2 saturated carbocycles. The van der Waals surface area contributed by atoms with Crippen molar-refractivity contribution in [3.05, 3.63) is 24.3 Å². The summed E-state index contributed by atoms with van der Waals surface area (Å²) < 4.78 is 11.0. The maximum absolute atomic E-state index is 5.85. The second kappa shape index (κ2) is 8.65. The average Bonchev–Trinajstić information content (AvgIpc) is 3.32. The first-order chi connectivity index (χ1) is 13.2. The average molecular weight is 390 g/mol. The Morgan fingerprint density at radius 1 is 1.07 bits per heavy atom. The molecule has 6 heteroatoms. The van der Waals surface area contributed by atoms with Gasteiger partial charge in [-0.15, -0.1) is 0 Å². The fourth-order valence-electron chi connectivity index (χ4n) is 4.81. The van der Waals surface area contributed by atoms with E-state index in [2.05, 4.69) is 15.1 Å². The Kier molecular flexibility index (Phi) is 6.03. The summed E-state index contributed by atoms with van der Waals surface area (Å²) in [4.78, 5) is 4.81. The molecule has 1 aromatic rings. The molecule has 3 atom stereocenters. The molecule has 148 valence electrons. The summed E-state index contributed by atoms with van der Waals surface area (Å²) in [6, 6.07) is 8.40. The van der Waals surface area contributed by atoms with Crippen LogP contribution in [-0.2, 0) is 0 Å². The molecule has 3 aliphatic rings. The molecular weight excluding hydrogens is 358 g/mol. The third-order valence-electron chi connectivity index (χ3n) is 6.44. The SMILES string of the molecule is COc1ccc(OCCN2CCN(C(=S)N[C@@H]3C[C@H]4CC[C@@H]3C4)CC2)cc1. The monoisotopic (exact) mass is 389 g/mol. The maximum atomic E-state index is 5.85. The molecule has 1 aromatic carbocycles. The van der Waals surface area contributed by atoms with Gasteiger partial charge in [0.15, 0.2) is 5.11 Å². The Morgan fingerprint density at radius 3 is 2.44 bits per heavy atom. The lowest BCUT2D eigenvalue weighted by molar-refractivity contribution is 0.152. The smallest absolute Gasteiger partial charge is 0.169 e. The number of nitrogens with zero attached hydrogens (tertiary/aromatic N) is 2. The van der Waals surface area contributed by atoms with Crippen LogP contribution in [0.5, 0.6) is 11.5 Å². The van der Waals surface area contributed by atoms with E-state index >= 15 is 0 Å². The number of hydrogen-bond donors (Lipinski definition) is 1. The van der Waals surface area contributed by atoms with Gasteiger partial charge in [0.05, 0.1) is 7.11 Å². The highest BCUT2D eigenvalue weighted by Gasteiger charge is 2.40. The highest BCUT2D eigenvalue weighted by atomic mass is 32.1. The Labute approximate surface area is 168 Å². The normalized spacial score (nSPS) is 27.6. The summed E-state index contributed by atoms with van der Waals surface area (Å²) in [5.74, 6) is 3.57. The minimum absolute atomic E-state index is 0.632. The number of thiocarbonyl (C=S) groups is 1. The van der Waals surface area contributed by atoms with E-state index < -0.39 is 0 Å². The van der Waals surface area contributed by atoms with Gasteiger partial charge < -0.3 is 19.7 Å². The van der Waals surface area contributed by atoms with Gasteiger partial charge in [-0.05, 0) is 67.6 Å². The zero-order valence-electron chi connectivity index (χ0n) is 16.2. The molecule has 1 heterocycles. The van der Waals surface area contributed by atoms with Gasteiger partial charge in [0.1, 0.15) is 18.1 Å². The minimum atomic E-state index is 0.632. The lowest BCUT2D eigenvalue weighted by Gasteiger charge is -2.37. The highest BCUT2D eigenvalue weighted by Crippen LogP contribution is 2.44. The van der Waals surface area contributed by atoms with Crippen LogP contribution >= 0.6 is 12.2 Å². The quantitative estimate of drug-likeness (QED) is 0.754. The van der Waals surface area contributed by atoms with Crippen molar-refractivity contribution < 1.29 is 9.47 Å². The van der Waals surface area contributed by atoms with Gasteiger partial charge in [-0.3, -0.25) is 4.90 Å². The van der Waals surface area contributed by atoms with Gasteiger partial charge in [-0.25, -0.2) is 0 Å². The van der Waals surface area contributed by atoms with E-state index in [4.69, 9.17) is 21.7 Å². The number of methoxy groups -OCH3 is 1. The van der Waals surface area contributed by atoms with Crippen molar-refractivity contribution in [1.29, 1.82) is 0 Å². The second-order valence-electron chi connectivity index (χ2n) is 8.08. The maximum Gasteiger partial charge on any atom is 0.169 e. The fourth-order valence-corrected chi connectivity index (χ4v) is 5.14. The summed E-state index contributed by atoms with van der Waals surface area (Å²) in [5.41, 5.74) is 0. The molecule has 4 rings (SSSR count). The van der Waals surface area contributed by atoms with Gasteiger partial charge in [-0.1, -0.05) is 6.42 Å². The van der Waals surface area contributed by atoms with E-state index in [0.29, 0.717) is 12.6 Å². The standard InChI is InChI=1S/C21H31N3O2S/c1-25-18-4-6-19(7-5-18)26-13-12-23-8-10-24(11-9-23)21(27)22-20-15-16-2-3-17(20)14-16/h4-7,16-17,20H,2-3,8-15H2,1H3,(H,22,27)/t16-,17+,20+/m0/s1. The summed E-state index contributed by atoms with van der Waals surface area (Å²) in [5, 5.41) is 4.65. The van der Waals surface area contributed by atoms with Crippen molar-refractivity contribution >= 4 is 17.3 Å². The van der Waals surface area contributed by atoms with Crippen LogP contribution in [0.2, 0.25) is 0 Å². The lowest BCUT2D eigenvalue weighted by Crippen LogP contribution is -2.54. The van der Waals surface area contributed by atoms with Crippen LogP contribution in [0.25, 0.3) is 0 Å². The van der Waals surface area contributed by atoms with Crippen molar-refractivity contribution in [2.75, 3.05) is 46.4 Å². The van der Waals surface area contributed by atoms with Crippen molar-refractivity contribution in [2.45, 2.75) is 31.7 Å². The Hall–Kier alpha value is -1.53. The predicted octanol–water partition coefficient (Wildman–Crippen LogP) is 2.75.